The summed E-state index contributed by atoms with van der Waals surface area (Å²) in [6.07, 6.45) is 0. The minimum absolute atomic E-state index is 0.246. The van der Waals surface area contributed by atoms with Crippen LogP contribution in [-0.2, 0) is 0 Å². The van der Waals surface area contributed by atoms with Crippen LogP contribution in [0.2, 0.25) is 0 Å². The van der Waals surface area contributed by atoms with Crippen LogP contribution in [0.4, 0.5) is 11.4 Å². The van der Waals surface area contributed by atoms with Crippen LogP contribution in [0.3, 0.4) is 0 Å². The lowest BCUT2D eigenvalue weighted by Crippen LogP contribution is -2.14. The number of nitrogens with two attached hydrogens (primary N) is 1. The Morgan fingerprint density at radius 2 is 2.00 bits per heavy atom. The van der Waals surface area contributed by atoms with Gasteiger partial charge in [-0.3, -0.25) is 9.78 Å². The predicted molar refractivity (Wildman–Crippen MR) is 79.1 cm³/mol. The standard InChI is InChI=1S/C15H17N3O2/c1-9-4-5-14(10(2)17-9)18-15(19)11-6-12(16)8-13(7-11)20-3/h4-8H,16H2,1-3H3,(H,18,19). The van der Waals surface area contributed by atoms with E-state index in [1.54, 1.807) is 18.2 Å². The van der Waals surface area contributed by atoms with E-state index in [4.69, 9.17) is 10.5 Å². The Balaban J connectivity index is 2.26. The van der Waals surface area contributed by atoms with E-state index < -0.39 is 0 Å². The number of aryl methyl sites for hydroxylation is 2. The fourth-order valence-corrected chi connectivity index (χ4v) is 1.88. The highest BCUT2D eigenvalue weighted by Crippen LogP contribution is 2.20. The molecule has 104 valence electrons. The largest absolute Gasteiger partial charge is 0.497 e. The van der Waals surface area contributed by atoms with Crippen LogP contribution in [0, 0.1) is 13.8 Å². The molecule has 0 bridgehead atoms. The molecule has 1 heterocycles. The lowest BCUT2D eigenvalue weighted by molar-refractivity contribution is 0.102. The maximum atomic E-state index is 12.2. The van der Waals surface area contributed by atoms with Crippen molar-refractivity contribution < 1.29 is 9.53 Å². The molecule has 3 N–H and O–H groups in total. The number of amides is 1. The fraction of sp³-hybridized carbons (Fsp3) is 0.200. The topological polar surface area (TPSA) is 77.2 Å². The van der Waals surface area contributed by atoms with Crippen molar-refractivity contribution in [2.45, 2.75) is 13.8 Å². The molecule has 1 aromatic carbocycles. The molecule has 5 heteroatoms. The molecular formula is C15H17N3O2. The third-order valence-corrected chi connectivity index (χ3v) is 2.90. The SMILES string of the molecule is COc1cc(N)cc(C(=O)Nc2ccc(C)nc2C)c1. The molecule has 2 rings (SSSR count). The average Bonchev–Trinajstić information content (AvgIpc) is 2.41. The van der Waals surface area contributed by atoms with Gasteiger partial charge in [-0.05, 0) is 38.1 Å². The van der Waals surface area contributed by atoms with Crippen molar-refractivity contribution in [2.24, 2.45) is 0 Å². The summed E-state index contributed by atoms with van der Waals surface area (Å²) in [7, 11) is 1.53. The Bertz CT molecular complexity index is 654. The molecular weight excluding hydrogens is 254 g/mol. The maximum absolute atomic E-state index is 12.2. The first-order valence-corrected chi connectivity index (χ1v) is 6.20. The highest BCUT2D eigenvalue weighted by Gasteiger charge is 2.10. The summed E-state index contributed by atoms with van der Waals surface area (Å²) in [6, 6.07) is 8.59. The lowest BCUT2D eigenvalue weighted by atomic mass is 10.1. The minimum atomic E-state index is -0.246. The molecule has 0 atom stereocenters. The van der Waals surface area contributed by atoms with E-state index in [0.29, 0.717) is 22.7 Å². The van der Waals surface area contributed by atoms with Gasteiger partial charge in [-0.1, -0.05) is 0 Å². The van der Waals surface area contributed by atoms with Crippen LogP contribution >= 0.6 is 0 Å². The second-order valence-corrected chi connectivity index (χ2v) is 4.53. The fourth-order valence-electron chi connectivity index (χ4n) is 1.88. The molecule has 5 nitrogen and oxygen atoms in total. The van der Waals surface area contributed by atoms with E-state index in [1.807, 2.05) is 26.0 Å². The zero-order valence-corrected chi connectivity index (χ0v) is 11.7. The molecule has 0 radical (unpaired) electrons. The number of methoxy groups -OCH3 is 1. The summed E-state index contributed by atoms with van der Waals surface area (Å²) in [5.74, 6) is 0.304. The van der Waals surface area contributed by atoms with E-state index >= 15 is 0 Å². The van der Waals surface area contributed by atoms with Gasteiger partial charge in [0.05, 0.1) is 18.5 Å². The van der Waals surface area contributed by atoms with Gasteiger partial charge in [-0.25, -0.2) is 0 Å². The summed E-state index contributed by atoms with van der Waals surface area (Å²) >= 11 is 0. The number of anilines is 2. The Hall–Kier alpha value is -2.56. The van der Waals surface area contributed by atoms with Crippen LogP contribution in [0.15, 0.2) is 30.3 Å². The molecule has 2 aromatic rings. The van der Waals surface area contributed by atoms with Crippen LogP contribution in [0.1, 0.15) is 21.7 Å². The number of aromatic nitrogens is 1. The van der Waals surface area contributed by atoms with E-state index in [9.17, 15) is 4.79 Å². The summed E-state index contributed by atoms with van der Waals surface area (Å²) in [4.78, 5) is 16.5. The normalized spacial score (nSPS) is 10.2. The lowest BCUT2D eigenvalue weighted by Gasteiger charge is -2.10. The van der Waals surface area contributed by atoms with E-state index in [1.165, 1.54) is 7.11 Å². The number of rotatable bonds is 3. The number of nitrogen functional groups attached to an aromatic ring is 1. The first kappa shape index (κ1) is 13.9. The molecule has 1 aromatic heterocycles. The van der Waals surface area contributed by atoms with Gasteiger partial charge >= 0.3 is 0 Å². The molecule has 0 aliphatic rings. The van der Waals surface area contributed by atoms with Crippen molar-refractivity contribution in [2.75, 3.05) is 18.2 Å². The summed E-state index contributed by atoms with van der Waals surface area (Å²) in [5, 5.41) is 2.82. The van der Waals surface area contributed by atoms with E-state index in [-0.39, 0.29) is 5.91 Å². The second kappa shape index (κ2) is 5.61. The Labute approximate surface area is 117 Å². The van der Waals surface area contributed by atoms with E-state index in [2.05, 4.69) is 10.3 Å². The average molecular weight is 271 g/mol. The molecule has 20 heavy (non-hydrogen) atoms. The molecule has 0 saturated carbocycles. The van der Waals surface area contributed by atoms with Crippen molar-refractivity contribution in [1.29, 1.82) is 0 Å². The van der Waals surface area contributed by atoms with Crippen LogP contribution < -0.4 is 15.8 Å². The van der Waals surface area contributed by atoms with Gasteiger partial charge in [0.2, 0.25) is 0 Å². The number of hydrogen-bond donors (Lipinski definition) is 2. The van der Waals surface area contributed by atoms with Gasteiger partial charge < -0.3 is 15.8 Å². The zero-order valence-electron chi connectivity index (χ0n) is 11.7. The monoisotopic (exact) mass is 271 g/mol. The smallest absolute Gasteiger partial charge is 0.255 e. The molecule has 0 fully saturated rings. The Morgan fingerprint density at radius 3 is 2.65 bits per heavy atom. The zero-order chi connectivity index (χ0) is 14.7. The van der Waals surface area contributed by atoms with Crippen molar-refractivity contribution in [1.82, 2.24) is 4.98 Å². The third kappa shape index (κ3) is 3.06. The van der Waals surface area contributed by atoms with Gasteiger partial charge in [0, 0.05) is 23.0 Å². The van der Waals surface area contributed by atoms with Crippen molar-refractivity contribution in [3.05, 3.63) is 47.3 Å². The molecule has 1 amide bonds. The number of pyridine rings is 1. The van der Waals surface area contributed by atoms with Gasteiger partial charge in [0.25, 0.3) is 5.91 Å². The minimum Gasteiger partial charge on any atom is -0.497 e. The summed E-state index contributed by atoms with van der Waals surface area (Å²) < 4.78 is 5.10. The van der Waals surface area contributed by atoms with Crippen molar-refractivity contribution in [3.63, 3.8) is 0 Å². The summed E-state index contributed by atoms with van der Waals surface area (Å²) in [6.45, 7) is 3.75. The maximum Gasteiger partial charge on any atom is 0.255 e. The Morgan fingerprint density at radius 1 is 1.25 bits per heavy atom. The van der Waals surface area contributed by atoms with Gasteiger partial charge in [0.15, 0.2) is 0 Å². The highest BCUT2D eigenvalue weighted by atomic mass is 16.5. The van der Waals surface area contributed by atoms with E-state index in [0.717, 1.165) is 11.4 Å². The Kier molecular flexibility index (Phi) is 3.89. The number of carbonyl (C=O) groups is 1. The molecule has 0 saturated heterocycles. The number of benzene rings is 1. The van der Waals surface area contributed by atoms with Gasteiger partial charge in [-0.15, -0.1) is 0 Å². The number of nitrogens with one attached hydrogen (secondary N) is 1. The highest BCUT2D eigenvalue weighted by molar-refractivity contribution is 6.05. The number of nitrogens with zero attached hydrogens (tertiary/aromatic N) is 1. The second-order valence-electron chi connectivity index (χ2n) is 4.53. The van der Waals surface area contributed by atoms with Gasteiger partial charge in [-0.2, -0.15) is 0 Å². The van der Waals surface area contributed by atoms with Gasteiger partial charge in [0.1, 0.15) is 5.75 Å². The summed E-state index contributed by atoms with van der Waals surface area (Å²) in [5.41, 5.74) is 9.03. The first-order chi connectivity index (χ1) is 9.49. The third-order valence-electron chi connectivity index (χ3n) is 2.90. The van der Waals surface area contributed by atoms with Crippen molar-refractivity contribution in [3.8, 4) is 5.75 Å². The van der Waals surface area contributed by atoms with Crippen LogP contribution in [0.25, 0.3) is 0 Å². The van der Waals surface area contributed by atoms with Crippen LogP contribution in [0.5, 0.6) is 5.75 Å². The van der Waals surface area contributed by atoms with Crippen molar-refractivity contribution >= 4 is 17.3 Å². The first-order valence-electron chi connectivity index (χ1n) is 6.20. The van der Waals surface area contributed by atoms with Crippen LogP contribution in [-0.4, -0.2) is 18.0 Å². The quantitative estimate of drug-likeness (QED) is 0.841. The number of carbonyl (C=O) groups excluding carboxylic acids is 1. The molecule has 0 aliphatic heterocycles. The molecule has 0 unspecified atom stereocenters. The molecule has 0 spiro atoms. The molecule has 0 aliphatic carbocycles. The number of hydrogen-bond acceptors (Lipinski definition) is 4. The predicted octanol–water partition coefficient (Wildman–Crippen LogP) is 2.54. The number of ether oxygens (including phenoxy) is 1.